The third-order valence-electron chi connectivity index (χ3n) is 1.53. The molecule has 9 nitrogen and oxygen atoms in total. The summed E-state index contributed by atoms with van der Waals surface area (Å²) in [5.74, 6) is -0.0532. The first-order chi connectivity index (χ1) is 8.74. The number of H-pyrrole nitrogens is 1. The topological polar surface area (TPSA) is 152 Å². The van der Waals surface area contributed by atoms with E-state index >= 15 is 0 Å². The maximum atomic E-state index is 10.4. The van der Waals surface area contributed by atoms with E-state index in [-0.39, 0.29) is 11.4 Å². The molecule has 0 radical (unpaired) electrons. The Morgan fingerprint density at radius 3 is 1.68 bits per heavy atom. The van der Waals surface area contributed by atoms with Crippen LogP contribution in [0.15, 0.2) is 16.9 Å². The van der Waals surface area contributed by atoms with Crippen LogP contribution in [0.5, 0.6) is 5.88 Å². The lowest BCUT2D eigenvalue weighted by molar-refractivity contribution is 0.196. The number of hydrogen-bond donors (Lipinski definition) is 6. The second-order valence-corrected chi connectivity index (χ2v) is 2.96. The first-order valence-electron chi connectivity index (χ1n) is 4.94. The molecule has 6 N–H and O–H groups in total. The predicted molar refractivity (Wildman–Crippen MR) is 67.6 cm³/mol. The van der Waals surface area contributed by atoms with Crippen molar-refractivity contribution in [2.75, 3.05) is 14.1 Å². The molecule has 1 rings (SSSR count). The number of amides is 2. The number of hydrogen-bond acceptors (Lipinski definition) is 4. The summed E-state index contributed by atoms with van der Waals surface area (Å²) in [6, 6.07) is 2.93. The Balaban J connectivity index is 0. The zero-order valence-corrected chi connectivity index (χ0v) is 10.7. The van der Waals surface area contributed by atoms with Crippen LogP contribution < -0.4 is 16.2 Å². The quantitative estimate of drug-likeness (QED) is 0.396. The van der Waals surface area contributed by atoms with Gasteiger partial charge >= 0.3 is 12.2 Å². The summed E-state index contributed by atoms with van der Waals surface area (Å²) in [7, 11) is 2.70. The first kappa shape index (κ1) is 18.6. The number of aryl methyl sites for hydroxylation is 1. The van der Waals surface area contributed by atoms with Crippen LogP contribution in [-0.4, -0.2) is 46.6 Å². The highest BCUT2D eigenvalue weighted by Crippen LogP contribution is 2.05. The molecule has 0 aliphatic carbocycles. The highest BCUT2D eigenvalue weighted by atomic mass is 16.4. The van der Waals surface area contributed by atoms with Crippen LogP contribution in [0.4, 0.5) is 9.59 Å². The van der Waals surface area contributed by atoms with Crippen LogP contribution in [0.1, 0.15) is 5.56 Å². The first-order valence-corrected chi connectivity index (χ1v) is 4.94. The molecule has 1 aromatic heterocycles. The molecule has 0 atom stereocenters. The second kappa shape index (κ2) is 10.4. The maximum Gasteiger partial charge on any atom is 0.404 e. The maximum absolute atomic E-state index is 10.4. The fourth-order valence-electron chi connectivity index (χ4n) is 0.537. The second-order valence-electron chi connectivity index (χ2n) is 2.96. The van der Waals surface area contributed by atoms with Crippen molar-refractivity contribution >= 4 is 12.2 Å². The highest BCUT2D eigenvalue weighted by Gasteiger charge is 1.91. The molecule has 108 valence electrons. The monoisotopic (exact) mass is 275 g/mol. The number of carbonyl (C=O) groups is 2. The highest BCUT2D eigenvalue weighted by molar-refractivity contribution is 5.64. The van der Waals surface area contributed by atoms with E-state index in [2.05, 4.69) is 4.98 Å². The van der Waals surface area contributed by atoms with Crippen molar-refractivity contribution < 1.29 is 24.9 Å². The van der Waals surface area contributed by atoms with Gasteiger partial charge in [-0.3, -0.25) is 9.78 Å². The lowest BCUT2D eigenvalue weighted by Gasteiger charge is -1.92. The Morgan fingerprint density at radius 2 is 1.47 bits per heavy atom. The van der Waals surface area contributed by atoms with E-state index in [1.165, 1.54) is 20.2 Å². The smallest absolute Gasteiger partial charge is 0.404 e. The molecule has 19 heavy (non-hydrogen) atoms. The molecule has 0 saturated heterocycles. The van der Waals surface area contributed by atoms with Gasteiger partial charge in [-0.2, -0.15) is 0 Å². The molecule has 2 amide bonds. The van der Waals surface area contributed by atoms with Crippen molar-refractivity contribution in [3.05, 3.63) is 28.0 Å². The average molecular weight is 275 g/mol. The summed E-state index contributed by atoms with van der Waals surface area (Å²) in [6.07, 6.45) is -1.99. The van der Waals surface area contributed by atoms with Crippen molar-refractivity contribution in [3.63, 3.8) is 0 Å². The van der Waals surface area contributed by atoms with Crippen LogP contribution >= 0.6 is 0 Å². The summed E-state index contributed by atoms with van der Waals surface area (Å²) in [6.45, 7) is 1.71. The van der Waals surface area contributed by atoms with Crippen molar-refractivity contribution in [2.45, 2.75) is 6.92 Å². The van der Waals surface area contributed by atoms with Gasteiger partial charge in [-0.15, -0.1) is 0 Å². The third kappa shape index (κ3) is 13.2. The zero-order chi connectivity index (χ0) is 15.4. The molecule has 0 aliphatic rings. The van der Waals surface area contributed by atoms with Crippen LogP contribution in [0.2, 0.25) is 0 Å². The van der Waals surface area contributed by atoms with Crippen molar-refractivity contribution in [2.24, 2.45) is 0 Å². The molecule has 1 aromatic rings. The number of rotatable bonds is 0. The van der Waals surface area contributed by atoms with E-state index < -0.39 is 12.2 Å². The number of aromatic nitrogens is 1. The van der Waals surface area contributed by atoms with Crippen LogP contribution in [-0.2, 0) is 0 Å². The zero-order valence-electron chi connectivity index (χ0n) is 10.7. The molecule has 0 aliphatic heterocycles. The van der Waals surface area contributed by atoms with Gasteiger partial charge in [0.25, 0.3) is 5.56 Å². The van der Waals surface area contributed by atoms with Gasteiger partial charge in [-0.25, -0.2) is 9.59 Å². The number of carboxylic acid groups (broad SMARTS) is 2. The minimum atomic E-state index is -0.995. The lowest BCUT2D eigenvalue weighted by Crippen LogP contribution is -2.13. The Labute approximate surface area is 108 Å². The molecule has 0 fully saturated rings. The molecule has 0 bridgehead atoms. The van der Waals surface area contributed by atoms with Crippen molar-refractivity contribution in [3.8, 4) is 5.88 Å². The van der Waals surface area contributed by atoms with Gasteiger partial charge in [0.2, 0.25) is 0 Å². The van der Waals surface area contributed by atoms with E-state index in [1.54, 1.807) is 13.0 Å². The summed E-state index contributed by atoms with van der Waals surface area (Å²) in [5, 5.41) is 28.0. The molecular weight excluding hydrogens is 258 g/mol. The molecule has 0 spiro atoms. The van der Waals surface area contributed by atoms with Crippen molar-refractivity contribution in [1.82, 2.24) is 15.6 Å². The molecule has 0 aromatic carbocycles. The Hall–Kier alpha value is -2.71. The number of aromatic amines is 1. The van der Waals surface area contributed by atoms with E-state index in [0.29, 0.717) is 5.56 Å². The molecular formula is C10H17N3O6. The lowest BCUT2D eigenvalue weighted by atomic mass is 10.3. The van der Waals surface area contributed by atoms with Crippen molar-refractivity contribution in [1.29, 1.82) is 0 Å². The fourth-order valence-corrected chi connectivity index (χ4v) is 0.537. The molecule has 0 saturated carbocycles. The van der Waals surface area contributed by atoms with E-state index in [4.69, 9.17) is 15.3 Å². The van der Waals surface area contributed by atoms with Gasteiger partial charge in [-0.1, -0.05) is 0 Å². The SMILES string of the molecule is CNC(=O)O.CNC(=O)O.Cc1ccc(=O)[nH]c1O. The van der Waals surface area contributed by atoms with E-state index in [1.807, 2.05) is 10.6 Å². The largest absolute Gasteiger partial charge is 0.494 e. The predicted octanol–water partition coefficient (Wildman–Crippen LogP) is 0.157. The Morgan fingerprint density at radius 1 is 1.11 bits per heavy atom. The fraction of sp³-hybridized carbons (Fsp3) is 0.300. The van der Waals surface area contributed by atoms with Crippen LogP contribution in [0.25, 0.3) is 0 Å². The van der Waals surface area contributed by atoms with Gasteiger partial charge in [-0.05, 0) is 13.0 Å². The van der Waals surface area contributed by atoms with Crippen LogP contribution in [0.3, 0.4) is 0 Å². The number of nitrogens with one attached hydrogen (secondary N) is 3. The van der Waals surface area contributed by atoms with Gasteiger partial charge in [0.05, 0.1) is 0 Å². The third-order valence-corrected chi connectivity index (χ3v) is 1.53. The van der Waals surface area contributed by atoms with Gasteiger partial charge in [0, 0.05) is 25.7 Å². The summed E-state index contributed by atoms with van der Waals surface area (Å²) >= 11 is 0. The molecule has 1 heterocycles. The molecule has 9 heteroatoms. The van der Waals surface area contributed by atoms with E-state index in [9.17, 15) is 14.4 Å². The summed E-state index contributed by atoms with van der Waals surface area (Å²) < 4.78 is 0. The van der Waals surface area contributed by atoms with Crippen LogP contribution in [0, 0.1) is 6.92 Å². The standard InChI is InChI=1S/C6H7NO2.2C2H5NO2/c1-4-2-3-5(8)7-6(4)9;2*1-3-2(4)5/h2-3H,1H3,(H2,7,8,9);2*3H,1H3,(H,4,5). The normalized spacial score (nSPS) is 7.95. The number of aromatic hydroxyl groups is 1. The average Bonchev–Trinajstić information content (AvgIpc) is 2.35. The Kier molecular flexibility index (Phi) is 10.3. The van der Waals surface area contributed by atoms with E-state index in [0.717, 1.165) is 0 Å². The van der Waals surface area contributed by atoms with Gasteiger partial charge in [0.1, 0.15) is 0 Å². The Bertz CT molecular complexity index is 443. The number of pyridine rings is 1. The minimum absolute atomic E-state index is 0.0532. The summed E-state index contributed by atoms with van der Waals surface area (Å²) in [4.78, 5) is 31.2. The summed E-state index contributed by atoms with van der Waals surface area (Å²) in [5.41, 5.74) is 0.396. The molecule has 0 unspecified atom stereocenters. The minimum Gasteiger partial charge on any atom is -0.494 e. The van der Waals surface area contributed by atoms with Gasteiger partial charge < -0.3 is 26.0 Å². The van der Waals surface area contributed by atoms with Gasteiger partial charge in [0.15, 0.2) is 5.88 Å².